The number of amides is 1. The molecule has 1 amide bonds. The van der Waals surface area contributed by atoms with Crippen molar-refractivity contribution in [3.05, 3.63) is 23.9 Å². The highest BCUT2D eigenvalue weighted by atomic mass is 32.1. The van der Waals surface area contributed by atoms with Gasteiger partial charge in [0.05, 0.1) is 0 Å². The smallest absolute Gasteiger partial charge is 0.247 e. The molecule has 0 aliphatic carbocycles. The molecule has 0 rings (SSSR count). The molecule has 3 heteroatoms. The molecule has 0 unspecified atom stereocenters. The minimum Gasteiger partial charge on any atom is -0.327 e. The van der Waals surface area contributed by atoms with Crippen LogP contribution in [0.25, 0.3) is 0 Å². The van der Waals surface area contributed by atoms with Crippen LogP contribution in [-0.4, -0.2) is 5.91 Å². The van der Waals surface area contributed by atoms with Gasteiger partial charge in [-0.15, -0.1) is 0 Å². The Kier molecular flexibility index (Phi) is 7.10. The van der Waals surface area contributed by atoms with Crippen molar-refractivity contribution in [2.45, 2.75) is 20.8 Å². The van der Waals surface area contributed by atoms with Crippen LogP contribution >= 0.6 is 13.5 Å². The number of carbonyl (C=O) groups excluding carboxylic acids is 1. The van der Waals surface area contributed by atoms with Crippen LogP contribution < -0.4 is 5.32 Å². The Morgan fingerprint density at radius 2 is 1.82 bits per heavy atom. The largest absolute Gasteiger partial charge is 0.327 e. The molecule has 0 fully saturated rings. The lowest BCUT2D eigenvalue weighted by molar-refractivity contribution is -0.115. The summed E-state index contributed by atoms with van der Waals surface area (Å²) in [5.41, 5.74) is 2.00. The van der Waals surface area contributed by atoms with Crippen LogP contribution in [0, 0.1) is 0 Å². The van der Waals surface area contributed by atoms with Crippen LogP contribution in [0.15, 0.2) is 23.9 Å². The van der Waals surface area contributed by atoms with E-state index in [0.717, 1.165) is 11.3 Å². The van der Waals surface area contributed by atoms with Crippen molar-refractivity contribution >= 4 is 19.4 Å². The minimum absolute atomic E-state index is 0. The molecule has 0 aliphatic rings. The molecule has 0 atom stereocenters. The summed E-state index contributed by atoms with van der Waals surface area (Å²) in [6, 6.07) is 0. The van der Waals surface area contributed by atoms with E-state index in [4.69, 9.17) is 0 Å². The van der Waals surface area contributed by atoms with E-state index in [1.807, 2.05) is 20.8 Å². The number of nitrogens with one attached hydrogen (secondary N) is 1. The van der Waals surface area contributed by atoms with Crippen LogP contribution in [0.4, 0.5) is 0 Å². The van der Waals surface area contributed by atoms with Gasteiger partial charge < -0.3 is 5.32 Å². The second-order valence-corrected chi connectivity index (χ2v) is 2.32. The van der Waals surface area contributed by atoms with Gasteiger partial charge in [-0.3, -0.25) is 4.79 Å². The lowest BCUT2D eigenvalue weighted by Gasteiger charge is -2.02. The summed E-state index contributed by atoms with van der Waals surface area (Å²) in [7, 11) is 0. The van der Waals surface area contributed by atoms with Gasteiger partial charge in [0, 0.05) is 5.70 Å². The molecule has 0 spiro atoms. The second kappa shape index (κ2) is 6.04. The van der Waals surface area contributed by atoms with Crippen LogP contribution in [-0.2, 0) is 4.79 Å². The van der Waals surface area contributed by atoms with Crippen molar-refractivity contribution < 1.29 is 4.79 Å². The van der Waals surface area contributed by atoms with E-state index in [1.165, 1.54) is 6.08 Å². The monoisotopic (exact) mass is 173 g/mol. The van der Waals surface area contributed by atoms with Gasteiger partial charge >= 0.3 is 0 Å². The lowest BCUT2D eigenvalue weighted by Crippen LogP contribution is -2.18. The average molecular weight is 173 g/mol. The maximum atomic E-state index is 10.7. The molecular formula is C8H15NOS. The lowest BCUT2D eigenvalue weighted by atomic mass is 10.3. The summed E-state index contributed by atoms with van der Waals surface area (Å²) < 4.78 is 0. The Hall–Kier alpha value is -0.700. The Morgan fingerprint density at radius 1 is 1.36 bits per heavy atom. The molecule has 0 saturated carbocycles. The van der Waals surface area contributed by atoms with Crippen LogP contribution in [0.2, 0.25) is 0 Å². The van der Waals surface area contributed by atoms with E-state index < -0.39 is 0 Å². The van der Waals surface area contributed by atoms with E-state index >= 15 is 0 Å². The molecule has 0 saturated heterocycles. The van der Waals surface area contributed by atoms with Crippen molar-refractivity contribution in [2.24, 2.45) is 0 Å². The molecule has 2 nitrogen and oxygen atoms in total. The standard InChI is InChI=1S/C8H13NO.H2S/c1-5-8(10)9-7(4)6(2)3;/h5H,1H2,2-4H3,(H,9,10);1H2. The first-order valence-electron chi connectivity index (χ1n) is 3.15. The first-order valence-corrected chi connectivity index (χ1v) is 3.15. The molecule has 11 heavy (non-hydrogen) atoms. The zero-order chi connectivity index (χ0) is 8.15. The summed E-state index contributed by atoms with van der Waals surface area (Å²) in [5.74, 6) is -0.154. The van der Waals surface area contributed by atoms with Gasteiger partial charge in [0.15, 0.2) is 0 Å². The molecule has 0 aromatic carbocycles. The third kappa shape index (κ3) is 5.73. The summed E-state index contributed by atoms with van der Waals surface area (Å²) >= 11 is 0. The number of carbonyl (C=O) groups is 1. The quantitative estimate of drug-likeness (QED) is 0.633. The van der Waals surface area contributed by atoms with Crippen molar-refractivity contribution in [3.8, 4) is 0 Å². The fourth-order valence-electron chi connectivity index (χ4n) is 0.361. The van der Waals surface area contributed by atoms with Crippen molar-refractivity contribution in [1.82, 2.24) is 5.32 Å². The molecule has 0 aromatic rings. The van der Waals surface area contributed by atoms with Gasteiger partial charge in [-0.25, -0.2) is 0 Å². The highest BCUT2D eigenvalue weighted by Gasteiger charge is 1.94. The summed E-state index contributed by atoms with van der Waals surface area (Å²) in [5, 5.41) is 2.65. The number of hydrogen-bond acceptors (Lipinski definition) is 1. The zero-order valence-electron chi connectivity index (χ0n) is 7.19. The number of hydrogen-bond donors (Lipinski definition) is 1. The molecular weight excluding hydrogens is 158 g/mol. The summed E-state index contributed by atoms with van der Waals surface area (Å²) in [4.78, 5) is 10.7. The van der Waals surface area contributed by atoms with E-state index in [-0.39, 0.29) is 19.4 Å². The van der Waals surface area contributed by atoms with Crippen LogP contribution in [0.1, 0.15) is 20.8 Å². The van der Waals surface area contributed by atoms with Gasteiger partial charge in [-0.1, -0.05) is 12.2 Å². The van der Waals surface area contributed by atoms with Gasteiger partial charge in [0.2, 0.25) is 5.91 Å². The molecule has 0 bridgehead atoms. The predicted octanol–water partition coefficient (Wildman–Crippen LogP) is 1.72. The van der Waals surface area contributed by atoms with Crippen molar-refractivity contribution in [2.75, 3.05) is 0 Å². The first-order chi connectivity index (χ1) is 4.57. The molecule has 0 heterocycles. The van der Waals surface area contributed by atoms with Crippen molar-refractivity contribution in [1.29, 1.82) is 0 Å². The van der Waals surface area contributed by atoms with E-state index in [1.54, 1.807) is 0 Å². The Balaban J connectivity index is 0. The average Bonchev–Trinajstić information content (AvgIpc) is 1.87. The highest BCUT2D eigenvalue weighted by Crippen LogP contribution is 1.96. The summed E-state index contributed by atoms with van der Waals surface area (Å²) in [6.07, 6.45) is 1.26. The maximum absolute atomic E-state index is 10.7. The fraction of sp³-hybridized carbons (Fsp3) is 0.375. The van der Waals surface area contributed by atoms with Crippen molar-refractivity contribution in [3.63, 3.8) is 0 Å². The van der Waals surface area contributed by atoms with Gasteiger partial charge in [-0.05, 0) is 26.8 Å². The minimum atomic E-state index is -0.154. The van der Waals surface area contributed by atoms with Crippen LogP contribution in [0.3, 0.4) is 0 Å². The SMILES string of the molecule is C=CC(=O)NC(C)=C(C)C.S. The van der Waals surface area contributed by atoms with E-state index in [0.29, 0.717) is 0 Å². The topological polar surface area (TPSA) is 29.1 Å². The Labute approximate surface area is 74.8 Å². The maximum Gasteiger partial charge on any atom is 0.247 e. The Bertz CT molecular complexity index is 181. The van der Waals surface area contributed by atoms with Gasteiger partial charge in [0.25, 0.3) is 0 Å². The molecule has 1 N–H and O–H groups in total. The normalized spacial score (nSPS) is 7.55. The fourth-order valence-corrected chi connectivity index (χ4v) is 0.361. The molecule has 0 aromatic heterocycles. The Morgan fingerprint density at radius 3 is 2.09 bits per heavy atom. The van der Waals surface area contributed by atoms with E-state index in [2.05, 4.69) is 11.9 Å². The second-order valence-electron chi connectivity index (χ2n) is 2.32. The first kappa shape index (κ1) is 12.9. The summed E-state index contributed by atoms with van der Waals surface area (Å²) in [6.45, 7) is 9.08. The molecule has 0 radical (unpaired) electrons. The highest BCUT2D eigenvalue weighted by molar-refractivity contribution is 7.59. The van der Waals surface area contributed by atoms with E-state index in [9.17, 15) is 4.79 Å². The van der Waals surface area contributed by atoms with Crippen LogP contribution in [0.5, 0.6) is 0 Å². The zero-order valence-corrected chi connectivity index (χ0v) is 8.19. The molecule has 0 aliphatic heterocycles. The number of rotatable bonds is 2. The number of allylic oxidation sites excluding steroid dienone is 2. The third-order valence-electron chi connectivity index (χ3n) is 1.25. The van der Waals surface area contributed by atoms with Gasteiger partial charge in [-0.2, -0.15) is 13.5 Å². The van der Waals surface area contributed by atoms with Gasteiger partial charge in [0.1, 0.15) is 0 Å². The predicted molar refractivity (Wildman–Crippen MR) is 52.8 cm³/mol. The third-order valence-corrected chi connectivity index (χ3v) is 1.25. The molecule has 64 valence electrons.